The van der Waals surface area contributed by atoms with Crippen LogP contribution in [0.5, 0.6) is 0 Å². The smallest absolute Gasteiger partial charge is 0.287 e. The fraction of sp³-hybridized carbons (Fsp3) is 0.360. The Hall–Kier alpha value is -3.12. The summed E-state index contributed by atoms with van der Waals surface area (Å²) in [7, 11) is 0. The monoisotopic (exact) mass is 420 g/mol. The number of rotatable bonds is 8. The first-order valence-corrected chi connectivity index (χ1v) is 10.8. The number of amides is 2. The predicted octanol–water partition coefficient (Wildman–Crippen LogP) is 4.41. The molecule has 0 fully saturated rings. The number of ether oxygens (including phenoxy) is 1. The zero-order chi connectivity index (χ0) is 21.8. The molecule has 6 nitrogen and oxygen atoms in total. The molecule has 0 saturated heterocycles. The first-order chi connectivity index (χ1) is 15.0. The Bertz CT molecular complexity index is 1060. The Balaban J connectivity index is 1.31. The molecule has 1 aromatic heterocycles. The maximum atomic E-state index is 12.8. The molecule has 0 bridgehead atoms. The van der Waals surface area contributed by atoms with E-state index in [0.29, 0.717) is 44.7 Å². The molecule has 0 radical (unpaired) electrons. The van der Waals surface area contributed by atoms with Crippen LogP contribution in [-0.2, 0) is 29.2 Å². The van der Waals surface area contributed by atoms with E-state index in [4.69, 9.17) is 9.15 Å². The SMILES string of the molecule is CC(C)OCc1c(C(=O)NCCCC(=O)N2Cc3ccccc3C2)oc2ccccc12. The third-order valence-corrected chi connectivity index (χ3v) is 5.51. The number of para-hydroxylation sites is 1. The lowest BCUT2D eigenvalue weighted by Gasteiger charge is -2.15. The zero-order valence-electron chi connectivity index (χ0n) is 18.0. The number of hydrogen-bond donors (Lipinski definition) is 1. The zero-order valence-corrected chi connectivity index (χ0v) is 18.0. The number of nitrogens with one attached hydrogen (secondary N) is 1. The van der Waals surface area contributed by atoms with E-state index in [2.05, 4.69) is 17.4 Å². The van der Waals surface area contributed by atoms with E-state index in [1.807, 2.05) is 55.1 Å². The first kappa shape index (κ1) is 21.1. The maximum Gasteiger partial charge on any atom is 0.287 e. The van der Waals surface area contributed by atoms with Crippen molar-refractivity contribution >= 4 is 22.8 Å². The fourth-order valence-electron chi connectivity index (χ4n) is 3.86. The largest absolute Gasteiger partial charge is 0.451 e. The summed E-state index contributed by atoms with van der Waals surface area (Å²) in [5, 5.41) is 3.78. The number of fused-ring (bicyclic) bond motifs is 2. The normalized spacial score (nSPS) is 13.1. The van der Waals surface area contributed by atoms with Gasteiger partial charge < -0.3 is 19.4 Å². The van der Waals surface area contributed by atoms with Crippen LogP contribution in [0.3, 0.4) is 0 Å². The van der Waals surface area contributed by atoms with Crippen molar-refractivity contribution in [2.75, 3.05) is 6.54 Å². The predicted molar refractivity (Wildman–Crippen MR) is 118 cm³/mol. The highest BCUT2D eigenvalue weighted by Crippen LogP contribution is 2.27. The molecule has 1 N–H and O–H groups in total. The molecule has 6 heteroatoms. The molecule has 0 unspecified atom stereocenters. The highest BCUT2D eigenvalue weighted by atomic mass is 16.5. The van der Waals surface area contributed by atoms with Crippen LogP contribution in [0.15, 0.2) is 52.9 Å². The van der Waals surface area contributed by atoms with Gasteiger partial charge in [0.1, 0.15) is 5.58 Å². The lowest BCUT2D eigenvalue weighted by atomic mass is 10.1. The van der Waals surface area contributed by atoms with Gasteiger partial charge in [-0.25, -0.2) is 0 Å². The van der Waals surface area contributed by atoms with Crippen LogP contribution in [0.2, 0.25) is 0 Å². The van der Waals surface area contributed by atoms with Crippen molar-refractivity contribution in [2.45, 2.75) is 52.5 Å². The summed E-state index contributed by atoms with van der Waals surface area (Å²) in [6, 6.07) is 15.7. The van der Waals surface area contributed by atoms with Gasteiger partial charge in [-0.2, -0.15) is 0 Å². The van der Waals surface area contributed by atoms with Gasteiger partial charge in [0.25, 0.3) is 5.91 Å². The molecule has 1 aliphatic rings. The fourth-order valence-corrected chi connectivity index (χ4v) is 3.86. The van der Waals surface area contributed by atoms with Gasteiger partial charge in [0.15, 0.2) is 5.76 Å². The molecule has 0 atom stereocenters. The summed E-state index contributed by atoms with van der Waals surface area (Å²) in [5.41, 5.74) is 3.85. The maximum absolute atomic E-state index is 12.8. The van der Waals surface area contributed by atoms with Crippen molar-refractivity contribution in [2.24, 2.45) is 0 Å². The number of nitrogens with zero attached hydrogens (tertiary/aromatic N) is 1. The second kappa shape index (κ2) is 9.35. The standard InChI is InChI=1S/C25H28N2O4/c1-17(2)30-16-21-20-10-5-6-11-22(20)31-24(21)25(29)26-13-7-12-23(28)27-14-18-8-3-4-9-19(18)15-27/h3-6,8-11,17H,7,12-16H2,1-2H3,(H,26,29). The molecule has 0 saturated carbocycles. The molecule has 3 aromatic rings. The highest BCUT2D eigenvalue weighted by Gasteiger charge is 2.23. The summed E-state index contributed by atoms with van der Waals surface area (Å²) in [4.78, 5) is 27.2. The topological polar surface area (TPSA) is 71.8 Å². The summed E-state index contributed by atoms with van der Waals surface area (Å²) in [5.74, 6) is 0.114. The van der Waals surface area contributed by atoms with Crippen molar-refractivity contribution in [3.63, 3.8) is 0 Å². The van der Waals surface area contributed by atoms with Gasteiger partial charge in [-0.3, -0.25) is 9.59 Å². The molecule has 2 heterocycles. The highest BCUT2D eigenvalue weighted by molar-refractivity contribution is 5.99. The van der Waals surface area contributed by atoms with E-state index in [1.54, 1.807) is 0 Å². The van der Waals surface area contributed by atoms with Crippen LogP contribution in [0.1, 0.15) is 53.9 Å². The van der Waals surface area contributed by atoms with Crippen LogP contribution in [0, 0.1) is 0 Å². The van der Waals surface area contributed by atoms with E-state index in [9.17, 15) is 9.59 Å². The quantitative estimate of drug-likeness (QED) is 0.548. The molecule has 31 heavy (non-hydrogen) atoms. The van der Waals surface area contributed by atoms with Crippen LogP contribution < -0.4 is 5.32 Å². The van der Waals surface area contributed by atoms with Crippen molar-refractivity contribution < 1.29 is 18.7 Å². The molecular formula is C25H28N2O4. The number of carbonyl (C=O) groups excluding carboxylic acids is 2. The molecule has 2 aromatic carbocycles. The van der Waals surface area contributed by atoms with Gasteiger partial charge in [-0.15, -0.1) is 0 Å². The van der Waals surface area contributed by atoms with E-state index in [-0.39, 0.29) is 23.7 Å². The van der Waals surface area contributed by atoms with Crippen LogP contribution in [0.25, 0.3) is 11.0 Å². The minimum Gasteiger partial charge on any atom is -0.451 e. The molecule has 162 valence electrons. The molecule has 1 aliphatic heterocycles. The van der Waals surface area contributed by atoms with E-state index in [0.717, 1.165) is 10.9 Å². The van der Waals surface area contributed by atoms with Gasteiger partial charge in [0.05, 0.1) is 12.7 Å². The van der Waals surface area contributed by atoms with Gasteiger partial charge in [0.2, 0.25) is 5.91 Å². The van der Waals surface area contributed by atoms with Crippen molar-refractivity contribution in [3.8, 4) is 0 Å². The van der Waals surface area contributed by atoms with E-state index >= 15 is 0 Å². The molecule has 4 rings (SSSR count). The number of furan rings is 1. The Labute approximate surface area is 182 Å². The van der Waals surface area contributed by atoms with Crippen LogP contribution in [0.4, 0.5) is 0 Å². The van der Waals surface area contributed by atoms with Gasteiger partial charge in [0, 0.05) is 37.0 Å². The average molecular weight is 421 g/mol. The Morgan fingerprint density at radius 2 is 1.74 bits per heavy atom. The first-order valence-electron chi connectivity index (χ1n) is 10.8. The molecular weight excluding hydrogens is 392 g/mol. The van der Waals surface area contributed by atoms with Crippen LogP contribution in [-0.4, -0.2) is 29.4 Å². The summed E-state index contributed by atoms with van der Waals surface area (Å²) >= 11 is 0. The van der Waals surface area contributed by atoms with Crippen molar-refractivity contribution in [3.05, 3.63) is 71.0 Å². The van der Waals surface area contributed by atoms with E-state index in [1.165, 1.54) is 11.1 Å². The average Bonchev–Trinajstić information content (AvgIpc) is 3.36. The molecule has 0 spiro atoms. The third-order valence-electron chi connectivity index (χ3n) is 5.51. The Morgan fingerprint density at radius 3 is 2.45 bits per heavy atom. The summed E-state index contributed by atoms with van der Waals surface area (Å²) < 4.78 is 11.6. The van der Waals surface area contributed by atoms with Crippen LogP contribution >= 0.6 is 0 Å². The minimum atomic E-state index is -0.278. The van der Waals surface area contributed by atoms with Gasteiger partial charge in [-0.05, 0) is 37.5 Å². The number of benzene rings is 2. The molecule has 2 amide bonds. The second-order valence-corrected chi connectivity index (χ2v) is 8.14. The van der Waals surface area contributed by atoms with Gasteiger partial charge in [-0.1, -0.05) is 42.5 Å². The Kier molecular flexibility index (Phi) is 6.37. The number of carbonyl (C=O) groups is 2. The number of hydrogen-bond acceptors (Lipinski definition) is 4. The minimum absolute atomic E-state index is 0.0484. The molecule has 0 aliphatic carbocycles. The summed E-state index contributed by atoms with van der Waals surface area (Å²) in [6.07, 6.45) is 1.03. The van der Waals surface area contributed by atoms with Crippen molar-refractivity contribution in [1.29, 1.82) is 0 Å². The van der Waals surface area contributed by atoms with Crippen molar-refractivity contribution in [1.82, 2.24) is 10.2 Å². The summed E-state index contributed by atoms with van der Waals surface area (Å²) in [6.45, 7) is 5.97. The van der Waals surface area contributed by atoms with Gasteiger partial charge >= 0.3 is 0 Å². The third kappa shape index (κ3) is 4.80. The Morgan fingerprint density at radius 1 is 1.06 bits per heavy atom. The van der Waals surface area contributed by atoms with E-state index < -0.39 is 0 Å². The lowest BCUT2D eigenvalue weighted by molar-refractivity contribution is -0.131. The lowest BCUT2D eigenvalue weighted by Crippen LogP contribution is -2.28. The second-order valence-electron chi connectivity index (χ2n) is 8.14.